The van der Waals surface area contributed by atoms with Gasteiger partial charge in [0.15, 0.2) is 0 Å². The van der Waals surface area contributed by atoms with Crippen LogP contribution in [0.2, 0.25) is 0 Å². The first-order chi connectivity index (χ1) is 12.1. The van der Waals surface area contributed by atoms with Crippen molar-refractivity contribution < 1.29 is 13.6 Å². The van der Waals surface area contributed by atoms with E-state index in [4.69, 9.17) is 20.3 Å². The Morgan fingerprint density at radius 3 is 1.48 bits per heavy atom. The van der Waals surface area contributed by atoms with Crippen LogP contribution in [-0.4, -0.2) is 0 Å². The molecule has 4 aromatic carbocycles. The lowest BCUT2D eigenvalue weighted by atomic mass is 10.1. The molecule has 0 spiro atoms. The smallest absolute Gasteiger partial charge is 0.404 e. The lowest BCUT2D eigenvalue weighted by Crippen LogP contribution is -1.96. The lowest BCUT2D eigenvalue weighted by Gasteiger charge is -2.16. The summed E-state index contributed by atoms with van der Waals surface area (Å²) >= 11 is 6.12. The average molecular weight is 369 g/mol. The highest BCUT2D eigenvalue weighted by atomic mass is 35.7. The summed E-state index contributed by atoms with van der Waals surface area (Å²) < 4.78 is 23.9. The standard InChI is InChI=1S/C20H14ClO3P/c21-25(22,23-19-13-5-9-15-7-1-3-11-17(15)19)24-20-14-6-10-16-8-2-4-12-18(16)20/h1-14H. The molecule has 4 aromatic rings. The van der Waals surface area contributed by atoms with Crippen LogP contribution in [-0.2, 0) is 4.57 Å². The molecule has 0 unspecified atom stereocenters. The summed E-state index contributed by atoms with van der Waals surface area (Å²) in [7, 11) is 0. The Kier molecular flexibility index (Phi) is 4.12. The van der Waals surface area contributed by atoms with Crippen LogP contribution in [0, 0.1) is 0 Å². The first-order valence-corrected chi connectivity index (χ1v) is 10.2. The van der Waals surface area contributed by atoms with Crippen molar-refractivity contribution in [3.63, 3.8) is 0 Å². The first-order valence-electron chi connectivity index (χ1n) is 7.77. The van der Waals surface area contributed by atoms with E-state index < -0.39 is 6.95 Å². The predicted molar refractivity (Wildman–Crippen MR) is 103 cm³/mol. The third-order valence-corrected chi connectivity index (χ3v) is 5.16. The molecule has 0 fully saturated rings. The Balaban J connectivity index is 1.69. The highest BCUT2D eigenvalue weighted by molar-refractivity contribution is 7.82. The lowest BCUT2D eigenvalue weighted by molar-refractivity contribution is 0.410. The fourth-order valence-corrected chi connectivity index (χ4v) is 4.08. The van der Waals surface area contributed by atoms with Crippen molar-refractivity contribution in [2.45, 2.75) is 0 Å². The van der Waals surface area contributed by atoms with E-state index in [1.54, 1.807) is 12.1 Å². The number of halogens is 1. The second-order valence-corrected chi connectivity index (χ2v) is 8.04. The molecule has 0 saturated heterocycles. The molecule has 0 aliphatic carbocycles. The molecule has 25 heavy (non-hydrogen) atoms. The summed E-state index contributed by atoms with van der Waals surface area (Å²) in [5.74, 6) is 0.855. The molecule has 124 valence electrons. The largest absolute Gasteiger partial charge is 0.530 e. The summed E-state index contributed by atoms with van der Waals surface area (Å²) in [4.78, 5) is 0. The van der Waals surface area contributed by atoms with Crippen LogP contribution >= 0.6 is 18.2 Å². The van der Waals surface area contributed by atoms with Crippen LogP contribution in [0.1, 0.15) is 0 Å². The maximum atomic E-state index is 12.8. The molecule has 0 aliphatic heterocycles. The maximum absolute atomic E-state index is 12.8. The number of hydrogen-bond donors (Lipinski definition) is 0. The SMILES string of the molecule is O=P(Cl)(Oc1cccc2ccccc12)Oc1cccc2ccccc12. The number of benzene rings is 4. The van der Waals surface area contributed by atoms with Crippen LogP contribution in [0.25, 0.3) is 21.5 Å². The van der Waals surface area contributed by atoms with Crippen molar-refractivity contribution in [3.05, 3.63) is 84.9 Å². The Bertz CT molecular complexity index is 1010. The van der Waals surface area contributed by atoms with Crippen molar-refractivity contribution in [2.75, 3.05) is 0 Å². The Morgan fingerprint density at radius 1 is 0.600 bits per heavy atom. The quantitative estimate of drug-likeness (QED) is 0.372. The molecule has 4 rings (SSSR count). The third kappa shape index (κ3) is 3.34. The minimum Gasteiger partial charge on any atom is -0.404 e. The number of fused-ring (bicyclic) bond motifs is 2. The molecule has 0 bridgehead atoms. The molecule has 0 aromatic heterocycles. The van der Waals surface area contributed by atoms with Gasteiger partial charge in [-0.25, -0.2) is 4.57 Å². The van der Waals surface area contributed by atoms with Gasteiger partial charge in [0.1, 0.15) is 11.5 Å². The predicted octanol–water partition coefficient (Wildman–Crippen LogP) is 6.80. The molecule has 3 nitrogen and oxygen atoms in total. The minimum absolute atomic E-state index is 0.427. The van der Waals surface area contributed by atoms with Crippen LogP contribution in [0.15, 0.2) is 84.9 Å². The molecule has 0 N–H and O–H groups in total. The van der Waals surface area contributed by atoms with Gasteiger partial charge in [-0.2, -0.15) is 0 Å². The molecule has 0 aliphatic rings. The van der Waals surface area contributed by atoms with Crippen molar-refractivity contribution in [1.29, 1.82) is 0 Å². The van der Waals surface area contributed by atoms with Crippen molar-refractivity contribution in [3.8, 4) is 11.5 Å². The molecule has 0 atom stereocenters. The van der Waals surface area contributed by atoms with Gasteiger partial charge in [0.05, 0.1) is 0 Å². The third-order valence-electron chi connectivity index (χ3n) is 3.91. The van der Waals surface area contributed by atoms with Gasteiger partial charge in [-0.05, 0) is 22.9 Å². The molecular formula is C20H14ClO3P. The van der Waals surface area contributed by atoms with Crippen molar-refractivity contribution in [1.82, 2.24) is 0 Å². The van der Waals surface area contributed by atoms with Gasteiger partial charge in [-0.1, -0.05) is 72.8 Å². The Labute approximate surface area is 150 Å². The normalized spacial score (nSPS) is 11.6. The Morgan fingerprint density at radius 2 is 1.00 bits per heavy atom. The fourth-order valence-electron chi connectivity index (χ4n) is 2.80. The van der Waals surface area contributed by atoms with Crippen molar-refractivity contribution >= 4 is 39.7 Å². The number of rotatable bonds is 4. The van der Waals surface area contributed by atoms with E-state index in [1.165, 1.54) is 0 Å². The van der Waals surface area contributed by atoms with E-state index in [-0.39, 0.29) is 0 Å². The van der Waals surface area contributed by atoms with Gasteiger partial charge >= 0.3 is 6.95 Å². The zero-order valence-corrected chi connectivity index (χ0v) is 14.8. The summed E-state index contributed by atoms with van der Waals surface area (Å²) in [5.41, 5.74) is 0. The van der Waals surface area contributed by atoms with Gasteiger partial charge in [0.2, 0.25) is 0 Å². The van der Waals surface area contributed by atoms with E-state index >= 15 is 0 Å². The average Bonchev–Trinajstić information content (AvgIpc) is 2.62. The van der Waals surface area contributed by atoms with Crippen LogP contribution in [0.4, 0.5) is 0 Å². The zero-order chi connectivity index (χ0) is 17.3. The van der Waals surface area contributed by atoms with Gasteiger partial charge < -0.3 is 9.05 Å². The van der Waals surface area contributed by atoms with E-state index in [1.807, 2.05) is 72.8 Å². The fraction of sp³-hybridized carbons (Fsp3) is 0. The van der Waals surface area contributed by atoms with Gasteiger partial charge in [-0.15, -0.1) is 0 Å². The van der Waals surface area contributed by atoms with Crippen LogP contribution in [0.3, 0.4) is 0 Å². The van der Waals surface area contributed by atoms with Crippen LogP contribution in [0.5, 0.6) is 11.5 Å². The van der Waals surface area contributed by atoms with Crippen LogP contribution < -0.4 is 9.05 Å². The molecule has 0 heterocycles. The highest BCUT2D eigenvalue weighted by Gasteiger charge is 2.26. The van der Waals surface area contributed by atoms with E-state index in [2.05, 4.69) is 0 Å². The molecule has 0 saturated carbocycles. The topological polar surface area (TPSA) is 35.5 Å². The highest BCUT2D eigenvalue weighted by Crippen LogP contribution is 2.55. The van der Waals surface area contributed by atoms with E-state index in [9.17, 15) is 4.57 Å². The van der Waals surface area contributed by atoms with E-state index in [0.717, 1.165) is 21.5 Å². The van der Waals surface area contributed by atoms with E-state index in [0.29, 0.717) is 11.5 Å². The van der Waals surface area contributed by atoms with Gasteiger partial charge in [0.25, 0.3) is 0 Å². The minimum atomic E-state index is -3.87. The Hall–Kier alpha value is -2.48. The van der Waals surface area contributed by atoms with Crippen molar-refractivity contribution in [2.24, 2.45) is 0 Å². The zero-order valence-electron chi connectivity index (χ0n) is 13.1. The second kappa shape index (κ2) is 6.44. The first kappa shape index (κ1) is 16.0. The monoisotopic (exact) mass is 368 g/mol. The molecule has 0 amide bonds. The van der Waals surface area contributed by atoms with Gasteiger partial charge in [-0.3, -0.25) is 0 Å². The maximum Gasteiger partial charge on any atom is 0.530 e. The summed E-state index contributed by atoms with van der Waals surface area (Å²) in [6, 6.07) is 26.3. The summed E-state index contributed by atoms with van der Waals surface area (Å²) in [5, 5.41) is 3.60. The summed E-state index contributed by atoms with van der Waals surface area (Å²) in [6.45, 7) is -3.87. The molecular weight excluding hydrogens is 355 g/mol. The number of hydrogen-bond acceptors (Lipinski definition) is 3. The van der Waals surface area contributed by atoms with Gasteiger partial charge in [0, 0.05) is 22.0 Å². The molecule has 5 heteroatoms. The molecule has 0 radical (unpaired) electrons. The summed E-state index contributed by atoms with van der Waals surface area (Å²) in [6.07, 6.45) is 0. The second-order valence-electron chi connectivity index (χ2n) is 5.57.